The fourth-order valence-corrected chi connectivity index (χ4v) is 3.15. The van der Waals surface area contributed by atoms with Crippen molar-refractivity contribution < 1.29 is 8.42 Å². The fourth-order valence-electron chi connectivity index (χ4n) is 1.67. The molecule has 5 nitrogen and oxygen atoms in total. The average molecular weight is 306 g/mol. The molecule has 1 atom stereocenters. The summed E-state index contributed by atoms with van der Waals surface area (Å²) in [5.41, 5.74) is 5.46. The first-order valence-electron chi connectivity index (χ1n) is 6.30. The Hall–Kier alpha value is -0.850. The van der Waals surface area contributed by atoms with E-state index in [2.05, 4.69) is 16.6 Å². The summed E-state index contributed by atoms with van der Waals surface area (Å²) in [7, 11) is -3.59. The molecule has 0 amide bonds. The monoisotopic (exact) mass is 305 g/mol. The molecule has 7 heteroatoms. The molecular weight excluding hydrogens is 286 g/mol. The minimum absolute atomic E-state index is 0.0361. The summed E-state index contributed by atoms with van der Waals surface area (Å²) < 4.78 is 26.8. The standard InChI is InChI=1S/C12H20ClN3O2S/c1-3-4-5-6-9(2)16-19(17,18)10-7-11(13)12(14)15-8-10/h7-9,16H,3-6H2,1-2H3,(H2,14,15). The SMILES string of the molecule is CCCCCC(C)NS(=O)(=O)c1cnc(N)c(Cl)c1. The summed E-state index contributed by atoms with van der Waals surface area (Å²) >= 11 is 5.78. The van der Waals surface area contributed by atoms with Gasteiger partial charge in [0.2, 0.25) is 10.0 Å². The highest BCUT2D eigenvalue weighted by Crippen LogP contribution is 2.20. The number of nitrogens with one attached hydrogen (secondary N) is 1. The number of halogens is 1. The number of anilines is 1. The molecule has 1 aromatic heterocycles. The van der Waals surface area contributed by atoms with E-state index in [1.165, 1.54) is 12.3 Å². The zero-order valence-electron chi connectivity index (χ0n) is 11.2. The Kier molecular flexibility index (Phi) is 6.03. The largest absolute Gasteiger partial charge is 0.382 e. The van der Waals surface area contributed by atoms with Gasteiger partial charge >= 0.3 is 0 Å². The van der Waals surface area contributed by atoms with Gasteiger partial charge in [-0.25, -0.2) is 18.1 Å². The molecule has 0 saturated heterocycles. The van der Waals surface area contributed by atoms with Crippen LogP contribution in [0.1, 0.15) is 39.5 Å². The van der Waals surface area contributed by atoms with E-state index < -0.39 is 10.0 Å². The van der Waals surface area contributed by atoms with Crippen LogP contribution in [0.2, 0.25) is 5.02 Å². The first-order chi connectivity index (χ1) is 8.86. The Morgan fingerprint density at radius 3 is 2.74 bits per heavy atom. The molecule has 0 aliphatic heterocycles. The second-order valence-corrected chi connectivity index (χ2v) is 6.68. The lowest BCUT2D eigenvalue weighted by Gasteiger charge is -2.14. The normalized spacial score (nSPS) is 13.4. The van der Waals surface area contributed by atoms with Crippen LogP contribution >= 0.6 is 11.6 Å². The molecule has 0 fully saturated rings. The van der Waals surface area contributed by atoms with Crippen LogP contribution in [0.5, 0.6) is 0 Å². The molecule has 19 heavy (non-hydrogen) atoms. The smallest absolute Gasteiger partial charge is 0.242 e. The quantitative estimate of drug-likeness (QED) is 0.758. The van der Waals surface area contributed by atoms with Crippen molar-refractivity contribution in [1.82, 2.24) is 9.71 Å². The van der Waals surface area contributed by atoms with Crippen LogP contribution in [-0.4, -0.2) is 19.4 Å². The second-order valence-electron chi connectivity index (χ2n) is 4.56. The van der Waals surface area contributed by atoms with E-state index in [9.17, 15) is 8.42 Å². The maximum absolute atomic E-state index is 12.1. The van der Waals surface area contributed by atoms with E-state index in [4.69, 9.17) is 17.3 Å². The first kappa shape index (κ1) is 16.2. The van der Waals surface area contributed by atoms with Gasteiger partial charge in [-0.2, -0.15) is 0 Å². The van der Waals surface area contributed by atoms with Crippen LogP contribution in [0.25, 0.3) is 0 Å². The predicted molar refractivity (Wildman–Crippen MR) is 77.6 cm³/mol. The van der Waals surface area contributed by atoms with Gasteiger partial charge in [-0.3, -0.25) is 0 Å². The molecule has 3 N–H and O–H groups in total. The zero-order valence-corrected chi connectivity index (χ0v) is 12.8. The topological polar surface area (TPSA) is 85.1 Å². The lowest BCUT2D eigenvalue weighted by atomic mass is 10.1. The van der Waals surface area contributed by atoms with Crippen molar-refractivity contribution in [2.75, 3.05) is 5.73 Å². The van der Waals surface area contributed by atoms with Crippen molar-refractivity contribution in [2.24, 2.45) is 0 Å². The first-order valence-corrected chi connectivity index (χ1v) is 8.16. The summed E-state index contributed by atoms with van der Waals surface area (Å²) in [4.78, 5) is 3.79. The number of hydrogen-bond acceptors (Lipinski definition) is 4. The maximum Gasteiger partial charge on any atom is 0.242 e. The van der Waals surface area contributed by atoms with E-state index >= 15 is 0 Å². The maximum atomic E-state index is 12.1. The lowest BCUT2D eigenvalue weighted by Crippen LogP contribution is -2.32. The van der Waals surface area contributed by atoms with Gasteiger partial charge in [-0.15, -0.1) is 0 Å². The summed E-state index contributed by atoms with van der Waals surface area (Å²) in [6, 6.07) is 1.19. The Morgan fingerprint density at radius 2 is 2.16 bits per heavy atom. The number of nitrogens with zero attached hydrogens (tertiary/aromatic N) is 1. The molecule has 0 radical (unpaired) electrons. The number of aromatic nitrogens is 1. The van der Waals surface area contributed by atoms with Gasteiger partial charge in [0, 0.05) is 12.2 Å². The highest BCUT2D eigenvalue weighted by molar-refractivity contribution is 7.89. The number of rotatable bonds is 7. The summed E-state index contributed by atoms with van der Waals surface area (Å²) in [5, 5.41) is 0.140. The van der Waals surface area contributed by atoms with Crippen molar-refractivity contribution in [2.45, 2.75) is 50.5 Å². The third-order valence-electron chi connectivity index (χ3n) is 2.75. The number of nitrogen functional groups attached to an aromatic ring is 1. The number of unbranched alkanes of at least 4 members (excludes halogenated alkanes) is 2. The van der Waals surface area contributed by atoms with Crippen LogP contribution < -0.4 is 10.5 Å². The van der Waals surface area contributed by atoms with Gasteiger partial charge in [0.15, 0.2) is 0 Å². The number of hydrogen-bond donors (Lipinski definition) is 2. The van der Waals surface area contributed by atoms with Crippen molar-refractivity contribution in [3.63, 3.8) is 0 Å². The van der Waals surface area contributed by atoms with Gasteiger partial charge in [0.05, 0.1) is 5.02 Å². The summed E-state index contributed by atoms with van der Waals surface area (Å²) in [5.74, 6) is 0.122. The van der Waals surface area contributed by atoms with E-state index in [0.29, 0.717) is 0 Å². The fraction of sp³-hybridized carbons (Fsp3) is 0.583. The predicted octanol–water partition coefficient (Wildman–Crippen LogP) is 2.56. The van der Waals surface area contributed by atoms with Crippen LogP contribution in [-0.2, 0) is 10.0 Å². The molecule has 0 aromatic carbocycles. The van der Waals surface area contributed by atoms with Gasteiger partial charge in [0.25, 0.3) is 0 Å². The van der Waals surface area contributed by atoms with Gasteiger partial charge in [0.1, 0.15) is 10.7 Å². The lowest BCUT2D eigenvalue weighted by molar-refractivity contribution is 0.527. The Labute approximate surface area is 119 Å². The van der Waals surface area contributed by atoms with Crippen LogP contribution in [0.15, 0.2) is 17.2 Å². The molecule has 0 aliphatic rings. The molecule has 1 unspecified atom stereocenters. The molecule has 0 saturated carbocycles. The Balaban J connectivity index is 2.72. The average Bonchev–Trinajstić information content (AvgIpc) is 2.32. The van der Waals surface area contributed by atoms with Gasteiger partial charge < -0.3 is 5.73 Å². The minimum Gasteiger partial charge on any atom is -0.382 e. The molecule has 0 bridgehead atoms. The van der Waals surface area contributed by atoms with Gasteiger partial charge in [-0.05, 0) is 19.4 Å². The highest BCUT2D eigenvalue weighted by atomic mass is 35.5. The molecule has 1 aromatic rings. The Morgan fingerprint density at radius 1 is 1.47 bits per heavy atom. The van der Waals surface area contributed by atoms with Crippen LogP contribution in [0.4, 0.5) is 5.82 Å². The van der Waals surface area contributed by atoms with E-state index in [1.54, 1.807) is 0 Å². The molecule has 1 rings (SSSR count). The molecule has 108 valence electrons. The Bertz CT molecular complexity index is 520. The third-order valence-corrected chi connectivity index (χ3v) is 4.61. The highest BCUT2D eigenvalue weighted by Gasteiger charge is 2.18. The summed E-state index contributed by atoms with van der Waals surface area (Å²) in [6.07, 6.45) is 5.23. The van der Waals surface area contributed by atoms with Crippen molar-refractivity contribution in [1.29, 1.82) is 0 Å². The molecule has 0 aliphatic carbocycles. The molecule has 1 heterocycles. The van der Waals surface area contributed by atoms with Gasteiger partial charge in [-0.1, -0.05) is 37.8 Å². The van der Waals surface area contributed by atoms with E-state index in [0.717, 1.165) is 25.7 Å². The number of pyridine rings is 1. The molecule has 0 spiro atoms. The van der Waals surface area contributed by atoms with Crippen LogP contribution in [0, 0.1) is 0 Å². The van der Waals surface area contributed by atoms with E-state index in [1.807, 2.05) is 6.92 Å². The summed E-state index contributed by atoms with van der Waals surface area (Å²) in [6.45, 7) is 3.95. The number of sulfonamides is 1. The number of nitrogens with two attached hydrogens (primary N) is 1. The third kappa shape index (κ3) is 4.97. The van der Waals surface area contributed by atoms with E-state index in [-0.39, 0.29) is 21.8 Å². The molecular formula is C12H20ClN3O2S. The van der Waals surface area contributed by atoms with Crippen molar-refractivity contribution >= 4 is 27.4 Å². The zero-order chi connectivity index (χ0) is 14.5. The van der Waals surface area contributed by atoms with Crippen molar-refractivity contribution in [3.8, 4) is 0 Å². The van der Waals surface area contributed by atoms with Crippen molar-refractivity contribution in [3.05, 3.63) is 17.3 Å². The minimum atomic E-state index is -3.59. The second kappa shape index (κ2) is 7.07. The van der Waals surface area contributed by atoms with Crippen LogP contribution in [0.3, 0.4) is 0 Å².